The molecule has 0 amide bonds. The van der Waals surface area contributed by atoms with Crippen molar-refractivity contribution in [3.8, 4) is 0 Å². The lowest BCUT2D eigenvalue weighted by molar-refractivity contribution is -0.169. The first-order valence-electron chi connectivity index (χ1n) is 9.29. The van der Waals surface area contributed by atoms with Crippen LogP contribution in [0.2, 0.25) is 0 Å². The van der Waals surface area contributed by atoms with Gasteiger partial charge in [-0.2, -0.15) is 0 Å². The average molecular weight is 362 g/mol. The van der Waals surface area contributed by atoms with Crippen LogP contribution in [0.15, 0.2) is 23.8 Å². The highest BCUT2D eigenvalue weighted by molar-refractivity contribution is 5.91. The van der Waals surface area contributed by atoms with Gasteiger partial charge >= 0.3 is 11.9 Å². The lowest BCUT2D eigenvalue weighted by atomic mass is 9.66. The van der Waals surface area contributed by atoms with Gasteiger partial charge in [0.2, 0.25) is 0 Å². The van der Waals surface area contributed by atoms with Gasteiger partial charge in [-0.1, -0.05) is 26.5 Å². The number of allylic oxidation sites excluding steroid dienone is 1. The Morgan fingerprint density at radius 2 is 2.12 bits per heavy atom. The molecule has 0 aromatic carbocycles. The fourth-order valence-electron chi connectivity index (χ4n) is 5.52. The smallest absolute Gasteiger partial charge is 0.334 e. The molecule has 4 fully saturated rings. The van der Waals surface area contributed by atoms with Gasteiger partial charge in [0, 0.05) is 22.5 Å². The lowest BCUT2D eigenvalue weighted by Gasteiger charge is -2.43. The Kier molecular flexibility index (Phi) is 3.87. The van der Waals surface area contributed by atoms with Gasteiger partial charge in [-0.15, -0.1) is 0 Å². The minimum atomic E-state index is -0.887. The number of epoxide rings is 1. The van der Waals surface area contributed by atoms with Gasteiger partial charge in [-0.25, -0.2) is 9.59 Å². The molecule has 0 radical (unpaired) electrons. The molecule has 6 heteroatoms. The first-order chi connectivity index (χ1) is 12.2. The van der Waals surface area contributed by atoms with Crippen LogP contribution in [-0.2, 0) is 23.8 Å². The maximum Gasteiger partial charge on any atom is 0.334 e. The second kappa shape index (κ2) is 5.67. The number of carbonyl (C=O) groups excluding carboxylic acids is 2. The maximum atomic E-state index is 12.4. The molecule has 9 unspecified atom stereocenters. The quantitative estimate of drug-likeness (QED) is 0.458. The molecule has 2 heterocycles. The molecule has 26 heavy (non-hydrogen) atoms. The van der Waals surface area contributed by atoms with Crippen LogP contribution in [-0.4, -0.2) is 47.6 Å². The third-order valence-electron chi connectivity index (χ3n) is 7.05. The number of aliphatic hydroxyl groups is 1. The monoisotopic (exact) mass is 362 g/mol. The first-order valence-corrected chi connectivity index (χ1v) is 9.29. The lowest BCUT2D eigenvalue weighted by Crippen LogP contribution is -2.52. The van der Waals surface area contributed by atoms with E-state index in [1.165, 1.54) is 0 Å². The van der Waals surface area contributed by atoms with E-state index in [9.17, 15) is 14.7 Å². The van der Waals surface area contributed by atoms with Crippen LogP contribution in [0.3, 0.4) is 0 Å². The molecule has 2 aliphatic carbocycles. The van der Waals surface area contributed by atoms with Crippen LogP contribution in [0.4, 0.5) is 0 Å². The van der Waals surface area contributed by atoms with Gasteiger partial charge < -0.3 is 19.3 Å². The van der Waals surface area contributed by atoms with Crippen LogP contribution < -0.4 is 0 Å². The van der Waals surface area contributed by atoms with E-state index in [0.29, 0.717) is 17.6 Å². The van der Waals surface area contributed by atoms with Gasteiger partial charge in [0.1, 0.15) is 18.3 Å². The summed E-state index contributed by atoms with van der Waals surface area (Å²) >= 11 is 0. The zero-order valence-electron chi connectivity index (χ0n) is 15.6. The summed E-state index contributed by atoms with van der Waals surface area (Å²) in [5.74, 6) is -1.12. The molecule has 0 bridgehead atoms. The number of hydrogen-bond donors (Lipinski definition) is 1. The summed E-state index contributed by atoms with van der Waals surface area (Å²) < 4.78 is 17.1. The molecule has 0 aromatic heterocycles. The van der Waals surface area contributed by atoms with E-state index in [1.807, 2.05) is 6.92 Å². The summed E-state index contributed by atoms with van der Waals surface area (Å²) in [4.78, 5) is 24.4. The predicted octanol–water partition coefficient (Wildman–Crippen LogP) is 1.77. The molecule has 4 rings (SSSR count). The number of hydrogen-bond acceptors (Lipinski definition) is 6. The van der Waals surface area contributed by atoms with Crippen molar-refractivity contribution in [1.29, 1.82) is 0 Å². The molecule has 0 spiro atoms. The number of ether oxygens (including phenoxy) is 3. The molecule has 0 aromatic rings. The van der Waals surface area contributed by atoms with Crippen LogP contribution in [0, 0.1) is 23.2 Å². The van der Waals surface area contributed by atoms with E-state index >= 15 is 0 Å². The second-order valence-electron chi connectivity index (χ2n) is 8.41. The van der Waals surface area contributed by atoms with E-state index in [1.54, 1.807) is 19.9 Å². The van der Waals surface area contributed by atoms with E-state index in [2.05, 4.69) is 13.5 Å². The van der Waals surface area contributed by atoms with Crippen molar-refractivity contribution in [2.75, 3.05) is 0 Å². The van der Waals surface area contributed by atoms with Crippen LogP contribution in [0.25, 0.3) is 0 Å². The van der Waals surface area contributed by atoms with Gasteiger partial charge in [0.15, 0.2) is 0 Å². The normalized spacial score (nSPS) is 49.7. The predicted molar refractivity (Wildman–Crippen MR) is 91.9 cm³/mol. The van der Waals surface area contributed by atoms with Crippen molar-refractivity contribution in [3.05, 3.63) is 23.8 Å². The van der Waals surface area contributed by atoms with Crippen molar-refractivity contribution >= 4 is 11.9 Å². The SMILES string of the molecule is C=C1C(=O)OC2CC(C)C3C4OC4C(OC(=O)C(C)=CC)C3(C)C(O)C12. The minimum Gasteiger partial charge on any atom is -0.458 e. The fourth-order valence-corrected chi connectivity index (χ4v) is 5.52. The minimum absolute atomic E-state index is 0.0308. The van der Waals surface area contributed by atoms with Gasteiger partial charge in [0.25, 0.3) is 0 Å². The van der Waals surface area contributed by atoms with E-state index in [-0.39, 0.29) is 30.1 Å². The van der Waals surface area contributed by atoms with Gasteiger partial charge in [-0.05, 0) is 26.2 Å². The highest BCUT2D eigenvalue weighted by Crippen LogP contribution is 2.64. The summed E-state index contributed by atoms with van der Waals surface area (Å²) in [5.41, 5.74) is 0.118. The zero-order valence-corrected chi connectivity index (χ0v) is 15.6. The Balaban J connectivity index is 1.72. The molecule has 2 aliphatic heterocycles. The van der Waals surface area contributed by atoms with E-state index in [0.717, 1.165) is 0 Å². The summed E-state index contributed by atoms with van der Waals surface area (Å²) in [6.45, 7) is 11.4. The fraction of sp³-hybridized carbons (Fsp3) is 0.700. The Hall–Kier alpha value is -1.66. The van der Waals surface area contributed by atoms with E-state index in [4.69, 9.17) is 14.2 Å². The zero-order chi connectivity index (χ0) is 19.0. The molecular weight excluding hydrogens is 336 g/mol. The van der Waals surface area contributed by atoms with Crippen LogP contribution in [0.5, 0.6) is 0 Å². The summed E-state index contributed by atoms with van der Waals surface area (Å²) in [7, 11) is 0. The highest BCUT2D eigenvalue weighted by atomic mass is 16.6. The van der Waals surface area contributed by atoms with Crippen LogP contribution >= 0.6 is 0 Å². The van der Waals surface area contributed by atoms with Crippen molar-refractivity contribution in [1.82, 2.24) is 0 Å². The third kappa shape index (κ3) is 2.18. The number of esters is 2. The first kappa shape index (κ1) is 17.7. The summed E-state index contributed by atoms with van der Waals surface area (Å²) in [5, 5.41) is 11.4. The maximum absolute atomic E-state index is 12.4. The standard InChI is InChI=1S/C20H26O6/c1-6-8(2)18(22)26-17-15-14(25-15)13-9(3)7-11-12(10(4)19(23)24-11)16(21)20(13,17)5/h6,9,11-17,21H,4,7H2,1-3,5H3. The number of aliphatic hydroxyl groups excluding tert-OH is 1. The Labute approximate surface area is 153 Å². The van der Waals surface area contributed by atoms with Crippen LogP contribution in [0.1, 0.15) is 34.1 Å². The largest absolute Gasteiger partial charge is 0.458 e. The summed E-state index contributed by atoms with van der Waals surface area (Å²) in [6.07, 6.45) is 0.299. The van der Waals surface area contributed by atoms with Crippen molar-refractivity contribution in [2.45, 2.75) is 64.6 Å². The molecule has 6 nitrogen and oxygen atoms in total. The highest BCUT2D eigenvalue weighted by Gasteiger charge is 2.75. The molecule has 2 saturated heterocycles. The third-order valence-corrected chi connectivity index (χ3v) is 7.05. The summed E-state index contributed by atoms with van der Waals surface area (Å²) in [6, 6.07) is 0. The average Bonchev–Trinajstić information content (AvgIpc) is 3.26. The molecule has 1 N–H and O–H groups in total. The molecule has 2 saturated carbocycles. The van der Waals surface area contributed by atoms with Crippen molar-refractivity contribution in [3.63, 3.8) is 0 Å². The Morgan fingerprint density at radius 1 is 1.42 bits per heavy atom. The Morgan fingerprint density at radius 3 is 2.77 bits per heavy atom. The van der Waals surface area contributed by atoms with Gasteiger partial charge in [-0.3, -0.25) is 0 Å². The van der Waals surface area contributed by atoms with Crippen molar-refractivity contribution in [2.24, 2.45) is 23.2 Å². The molecular formula is C20H26O6. The molecule has 4 aliphatic rings. The second-order valence-corrected chi connectivity index (χ2v) is 8.41. The number of rotatable bonds is 2. The van der Waals surface area contributed by atoms with Gasteiger partial charge in [0.05, 0.1) is 18.1 Å². The number of fused-ring (bicyclic) bond motifs is 4. The topological polar surface area (TPSA) is 85.4 Å². The Bertz CT molecular complexity index is 711. The molecule has 142 valence electrons. The van der Waals surface area contributed by atoms with Crippen molar-refractivity contribution < 1.29 is 28.9 Å². The molecule has 9 atom stereocenters. The van der Waals surface area contributed by atoms with E-state index < -0.39 is 35.5 Å². The number of carbonyl (C=O) groups is 2.